The lowest BCUT2D eigenvalue weighted by molar-refractivity contribution is -0.160. The predicted molar refractivity (Wildman–Crippen MR) is 229 cm³/mol. The molecule has 338 valence electrons. The van der Waals surface area contributed by atoms with E-state index < -0.39 is 88.7 Å². The van der Waals surface area contributed by atoms with Crippen molar-refractivity contribution in [1.82, 2.24) is 4.90 Å². The summed E-state index contributed by atoms with van der Waals surface area (Å²) in [5, 5.41) is 59.7. The molecule has 4 bridgehead atoms. The molecule has 0 aliphatic carbocycles. The molecule has 1 fully saturated rings. The number of anilines is 1. The number of rotatable bonds is 5. The maximum atomic E-state index is 14.7. The number of carbonyl (C=O) groups is 3. The monoisotopic (exact) mass is 862 g/mol. The molecule has 2 aromatic rings. The van der Waals surface area contributed by atoms with Gasteiger partial charge in [-0.05, 0) is 25.8 Å². The second-order valence-electron chi connectivity index (χ2n) is 17.8. The van der Waals surface area contributed by atoms with Crippen LogP contribution in [0.4, 0.5) is 5.69 Å². The molecule has 16 heteroatoms. The molecule has 6 N–H and O–H groups in total. The highest BCUT2D eigenvalue weighted by molar-refractivity contribution is 6.19. The van der Waals surface area contributed by atoms with Crippen LogP contribution in [0.25, 0.3) is 10.8 Å². The van der Waals surface area contributed by atoms with Crippen LogP contribution in [-0.2, 0) is 23.8 Å². The van der Waals surface area contributed by atoms with Crippen LogP contribution in [-0.4, -0.2) is 117 Å². The number of Topliss-reactive ketones (excluding diaryl/α,β-unsaturated/α-hetero) is 1. The molecule has 1 spiro atoms. The number of ketones is 1. The Morgan fingerprint density at radius 3 is 2.27 bits per heavy atom. The Labute approximate surface area is 361 Å². The van der Waals surface area contributed by atoms with E-state index in [9.17, 15) is 39.9 Å². The molecule has 2 aromatic carbocycles. The van der Waals surface area contributed by atoms with E-state index in [0.29, 0.717) is 32.5 Å². The average Bonchev–Trinajstić information content (AvgIpc) is 3.74. The number of esters is 1. The molecule has 4 heterocycles. The summed E-state index contributed by atoms with van der Waals surface area (Å²) in [6, 6.07) is 0. The number of ether oxygens (including phenoxy) is 4. The number of phenolic OH excluding ortho intramolecular Hbond substituents is 2. The number of aliphatic hydroxyl groups excluding tert-OH is 3. The van der Waals surface area contributed by atoms with Gasteiger partial charge in [0.25, 0.3) is 11.7 Å². The summed E-state index contributed by atoms with van der Waals surface area (Å²) in [5.74, 6) is -7.02. The molecule has 16 nitrogen and oxygen atoms in total. The first-order valence-corrected chi connectivity index (χ1v) is 21.4. The number of hydrogen-bond acceptors (Lipinski definition) is 15. The fourth-order valence-corrected chi connectivity index (χ4v) is 9.18. The van der Waals surface area contributed by atoms with Gasteiger partial charge in [-0.3, -0.25) is 24.4 Å². The van der Waals surface area contributed by atoms with Crippen molar-refractivity contribution in [2.75, 3.05) is 38.7 Å². The largest absolute Gasteiger partial charge is 0.507 e. The number of nitrogens with one attached hydrogen (secondary N) is 1. The fourth-order valence-electron chi connectivity index (χ4n) is 9.18. The number of carbonyl (C=O) groups excluding carboxylic acids is 3. The lowest BCUT2D eigenvalue weighted by Crippen LogP contribution is -2.46. The van der Waals surface area contributed by atoms with Crippen LogP contribution in [0.2, 0.25) is 0 Å². The number of amides is 1. The van der Waals surface area contributed by atoms with Crippen molar-refractivity contribution in [3.8, 4) is 17.2 Å². The summed E-state index contributed by atoms with van der Waals surface area (Å²) >= 11 is 0. The highest BCUT2D eigenvalue weighted by atomic mass is 16.7. The number of phenols is 2. The van der Waals surface area contributed by atoms with Gasteiger partial charge in [-0.1, -0.05) is 52.8 Å². The summed E-state index contributed by atoms with van der Waals surface area (Å²) in [6.07, 6.45) is 4.77. The fraction of sp³-hybridized carbons (Fsp3) is 0.587. The van der Waals surface area contributed by atoms with E-state index in [1.54, 1.807) is 52.8 Å². The van der Waals surface area contributed by atoms with Crippen molar-refractivity contribution in [2.45, 2.75) is 111 Å². The molecular weight excluding hydrogens is 801 g/mol. The van der Waals surface area contributed by atoms with Crippen LogP contribution in [0.5, 0.6) is 17.2 Å². The van der Waals surface area contributed by atoms with Crippen LogP contribution < -0.4 is 20.8 Å². The van der Waals surface area contributed by atoms with Crippen LogP contribution in [0.3, 0.4) is 0 Å². The molecule has 1 amide bonds. The molecule has 1 saturated heterocycles. The Bertz CT molecular complexity index is 2320. The SMILES string of the molecule is CO[C@H]1/C=C/O[C@@]2(C)Oc3c(C)c(O)c4c(O)c(c5c(c4c3C2=O)=NC2(CCN(CC(C)CO)CC2)N=5)NC(=O)/C(C)=C\C=C\[C@H](C)[C@H](O)[C@@H](C)[C@@H](O)[C@@H](C)[C@H](OC(C)=O)[C@@H]1C. The number of likely N-dealkylation sites (tertiary alicyclic amines) is 1. The lowest BCUT2D eigenvalue weighted by Gasteiger charge is -2.38. The maximum absolute atomic E-state index is 14.7. The van der Waals surface area contributed by atoms with Crippen LogP contribution in [0.15, 0.2) is 46.1 Å². The van der Waals surface area contributed by atoms with E-state index in [0.717, 1.165) is 0 Å². The molecular formula is C46H62N4O12. The normalized spacial score (nSPS) is 32.8. The number of aliphatic hydroxyl groups is 3. The number of benzene rings is 2. The highest BCUT2D eigenvalue weighted by Gasteiger charge is 2.50. The second kappa shape index (κ2) is 18.1. The van der Waals surface area contributed by atoms with Gasteiger partial charge in [-0.2, -0.15) is 0 Å². The number of piperidine rings is 1. The van der Waals surface area contributed by atoms with E-state index in [4.69, 9.17) is 28.9 Å². The summed E-state index contributed by atoms with van der Waals surface area (Å²) in [7, 11) is 1.46. The van der Waals surface area contributed by atoms with Gasteiger partial charge in [0.05, 0.1) is 40.9 Å². The van der Waals surface area contributed by atoms with E-state index in [-0.39, 0.29) is 62.1 Å². The molecule has 4 aliphatic heterocycles. The smallest absolute Gasteiger partial charge is 0.312 e. The molecule has 10 atom stereocenters. The number of hydrogen-bond donors (Lipinski definition) is 6. The van der Waals surface area contributed by atoms with Gasteiger partial charge in [0, 0.05) is 100 Å². The molecule has 6 rings (SSSR count). The molecule has 0 aromatic heterocycles. The van der Waals surface area contributed by atoms with E-state index >= 15 is 0 Å². The molecule has 0 saturated carbocycles. The zero-order chi connectivity index (χ0) is 45.6. The Hall–Kier alpha value is -4.87. The molecule has 0 radical (unpaired) electrons. The average molecular weight is 863 g/mol. The summed E-state index contributed by atoms with van der Waals surface area (Å²) in [5.41, 5.74) is -0.731. The maximum Gasteiger partial charge on any atom is 0.312 e. The van der Waals surface area contributed by atoms with Crippen molar-refractivity contribution in [1.29, 1.82) is 0 Å². The minimum atomic E-state index is -1.98. The number of nitrogens with zero attached hydrogens (tertiary/aromatic N) is 3. The second-order valence-corrected chi connectivity index (χ2v) is 17.8. The van der Waals surface area contributed by atoms with Gasteiger partial charge in [0.2, 0.25) is 0 Å². The zero-order valence-corrected chi connectivity index (χ0v) is 37.3. The topological polar surface area (TPSA) is 229 Å². The third-order valence-electron chi connectivity index (χ3n) is 13.1. The van der Waals surface area contributed by atoms with Crippen LogP contribution in [0, 0.1) is 36.5 Å². The minimum Gasteiger partial charge on any atom is -0.507 e. The van der Waals surface area contributed by atoms with Crippen LogP contribution in [0.1, 0.15) is 84.2 Å². The standard InChI is InChI=1S/C46H62N4O12/c1-22(21-51)20-50-17-15-46(16-18-50)48-34-31-32-39(55)28(7)42-33(31)43(57)45(9,62-42)60-19-14-30(59-10)25(4)41(61-29(8)52)27(6)38(54)26(5)37(53)23(2)12-11-13-24(3)44(58)47-36(40(32)56)35(34)49-46/h11-14,19,22-23,25-27,30,37-38,41,51,53-56H,15-18,20-21H2,1-10H3,(H,47,58)/b12-11+,19-14+,24-13-/t22?,23-,25+,26+,27+,30-,37-,38+,41+,45-/m0/s1. The van der Waals surface area contributed by atoms with E-state index in [2.05, 4.69) is 10.2 Å². The number of fused-ring (bicyclic) bond motifs is 1. The molecule has 4 aliphatic rings. The Kier molecular flexibility index (Phi) is 13.6. The zero-order valence-electron chi connectivity index (χ0n) is 37.3. The first-order valence-electron chi connectivity index (χ1n) is 21.4. The van der Waals surface area contributed by atoms with E-state index in [1.807, 2.05) is 6.92 Å². The van der Waals surface area contributed by atoms with Crippen molar-refractivity contribution in [3.63, 3.8) is 0 Å². The Morgan fingerprint density at radius 1 is 0.984 bits per heavy atom. The predicted octanol–water partition coefficient (Wildman–Crippen LogP) is 3.72. The Morgan fingerprint density at radius 2 is 1.65 bits per heavy atom. The number of aromatic hydroxyl groups is 2. The highest BCUT2D eigenvalue weighted by Crippen LogP contribution is 2.50. The lowest BCUT2D eigenvalue weighted by atomic mass is 9.78. The third-order valence-corrected chi connectivity index (χ3v) is 13.1. The van der Waals surface area contributed by atoms with Gasteiger partial charge in [0.1, 0.15) is 28.6 Å². The third kappa shape index (κ3) is 8.59. The minimum absolute atomic E-state index is 0.0105. The quantitative estimate of drug-likeness (QED) is 0.186. The summed E-state index contributed by atoms with van der Waals surface area (Å²) < 4.78 is 24.0. The summed E-state index contributed by atoms with van der Waals surface area (Å²) in [6.45, 7) is 16.7. The van der Waals surface area contributed by atoms with Gasteiger partial charge in [-0.15, -0.1) is 0 Å². The molecule has 62 heavy (non-hydrogen) atoms. The number of methoxy groups -OCH3 is 1. The summed E-state index contributed by atoms with van der Waals surface area (Å²) in [4.78, 5) is 53.5. The van der Waals surface area contributed by atoms with Gasteiger partial charge in [0.15, 0.2) is 11.4 Å². The van der Waals surface area contributed by atoms with Crippen molar-refractivity contribution in [3.05, 3.63) is 58.0 Å². The Balaban J connectivity index is 1.53. The van der Waals surface area contributed by atoms with Gasteiger partial charge >= 0.3 is 11.8 Å². The van der Waals surface area contributed by atoms with Crippen LogP contribution >= 0.6 is 0 Å². The van der Waals surface area contributed by atoms with Gasteiger partial charge in [-0.25, -0.2) is 0 Å². The van der Waals surface area contributed by atoms with Crippen molar-refractivity contribution >= 4 is 34.1 Å². The molecule has 1 unspecified atom stereocenters. The van der Waals surface area contributed by atoms with E-state index in [1.165, 1.54) is 40.2 Å². The number of allylic oxidation sites excluding steroid dienone is 2. The van der Waals surface area contributed by atoms with Gasteiger partial charge < -0.3 is 54.7 Å². The van der Waals surface area contributed by atoms with Crippen molar-refractivity contribution in [2.24, 2.45) is 39.6 Å². The van der Waals surface area contributed by atoms with Crippen molar-refractivity contribution < 1.29 is 58.9 Å². The first kappa shape index (κ1) is 46.6. The first-order chi connectivity index (χ1) is 29.2.